The third kappa shape index (κ3) is 59.0. The van der Waals surface area contributed by atoms with E-state index in [-0.39, 0.29) is 132 Å². The first-order valence-electron chi connectivity index (χ1n) is 37.1. The largest absolute Gasteiger partial charge is 0.461 e. The molecule has 6 unspecified atom stereocenters. The van der Waals surface area contributed by atoms with Crippen molar-refractivity contribution >= 4 is 82.2 Å². The van der Waals surface area contributed by atoms with Crippen LogP contribution in [0.4, 0.5) is 49.1 Å². The van der Waals surface area contributed by atoms with Gasteiger partial charge in [-0.25, -0.2) is 35.9 Å². The van der Waals surface area contributed by atoms with Gasteiger partial charge in [0.1, 0.15) is 48.6 Å². The maximum Gasteiger partial charge on any atom is 0.404 e. The zero-order valence-electron chi connectivity index (χ0n) is 68.1. The predicted octanol–water partition coefficient (Wildman–Crippen LogP) is 23.8. The van der Waals surface area contributed by atoms with Crippen LogP contribution in [-0.4, -0.2) is 109 Å². The Bertz CT molecular complexity index is 4270. The van der Waals surface area contributed by atoms with Crippen LogP contribution in [0.1, 0.15) is 167 Å². The fraction of sp³-hybridized carbons (Fsp3) is 0.383. The molecular weight excluding hydrogens is 1710 g/mol. The third-order valence-corrected chi connectivity index (χ3v) is 16.8. The Morgan fingerprint density at radius 3 is 0.824 bits per heavy atom. The number of carbonyl (C=O) groups excluding carboxylic acids is 4. The Kier molecular flexibility index (Phi) is 69.7. The monoisotopic (exact) mass is 1830 g/mol. The summed E-state index contributed by atoms with van der Waals surface area (Å²) in [4.78, 5) is 52.6. The molecule has 0 bridgehead atoms. The summed E-state index contributed by atoms with van der Waals surface area (Å²) in [5.74, 6) is -0.835. The lowest BCUT2D eigenvalue weighted by Crippen LogP contribution is -2.36. The zero-order chi connectivity index (χ0) is 89.2. The van der Waals surface area contributed by atoms with E-state index < -0.39 is 108 Å². The molecular formula is C94H121Cl4F9N10O8. The fourth-order valence-corrected chi connectivity index (χ4v) is 9.73. The maximum absolute atomic E-state index is 12.8. The number of ether oxygens (including phenoxy) is 4. The van der Waals surface area contributed by atoms with Crippen molar-refractivity contribution in [2.24, 2.45) is 43.7 Å². The van der Waals surface area contributed by atoms with E-state index in [1.165, 1.54) is 20.8 Å². The van der Waals surface area contributed by atoms with Crippen LogP contribution in [-0.2, 0) is 55.0 Å². The van der Waals surface area contributed by atoms with Gasteiger partial charge in [-0.05, 0) is 80.3 Å². The molecule has 125 heavy (non-hydrogen) atoms. The third-order valence-electron chi connectivity index (χ3n) is 16.6. The molecule has 6 atom stereocenters. The highest BCUT2D eigenvalue weighted by molar-refractivity contribution is 6.61. The Morgan fingerprint density at radius 2 is 0.608 bits per heavy atom. The number of halogens is 13. The highest BCUT2D eigenvalue weighted by atomic mass is 35.5. The van der Waals surface area contributed by atoms with Crippen molar-refractivity contribution in [2.75, 3.05) is 33.1 Å². The van der Waals surface area contributed by atoms with Crippen LogP contribution in [0.3, 0.4) is 0 Å². The normalized spacial score (nSPS) is 12.6. The number of nitrogens with zero attached hydrogens (tertiary/aromatic N) is 6. The molecule has 0 radical (unpaired) electrons. The van der Waals surface area contributed by atoms with Gasteiger partial charge in [0.25, 0.3) is 0 Å². The second kappa shape index (κ2) is 69.6. The number of rotatable bonds is 32. The average Bonchev–Trinajstić information content (AvgIpc) is 0.818. The second-order valence-electron chi connectivity index (χ2n) is 28.0. The number of nitriles is 4. The van der Waals surface area contributed by atoms with Gasteiger partial charge < -0.3 is 41.9 Å². The fourth-order valence-electron chi connectivity index (χ4n) is 9.62. The van der Waals surface area contributed by atoms with Gasteiger partial charge in [0.05, 0.1) is 68.6 Å². The molecule has 0 saturated heterocycles. The van der Waals surface area contributed by atoms with Crippen LogP contribution < -0.4 is 22.9 Å². The molecule has 0 aromatic heterocycles. The van der Waals surface area contributed by atoms with Crippen LogP contribution >= 0.6 is 48.0 Å². The number of aliphatic imine (C=N–C) groups is 2. The predicted molar refractivity (Wildman–Crippen MR) is 488 cm³/mol. The Labute approximate surface area is 755 Å². The molecule has 31 heteroatoms. The number of nitrogens with two attached hydrogens (primary N) is 4. The standard InChI is InChI=1S/C18H16F2N2.C18H17FN2.C14H19F2NO2.C14H20FNO2.2C8H7ClO2.C5H8F2N2.C5H9FN2.4CH4.2ClH/c1-18(13-21,12-16(19)20)22-17(14-8-4-2-5-9-14)15-10-6-3-7-11-15;1-18(14-20,12-13-19)21-17(15-8-4-2-5-9-15)16-10-6-3-7-11-16;1-14(10-17,7-12(15)16)8-13(18)19-9-11-5-3-2-4-6-11;1-14(11-16,7-8-15)9-13(17)18-10-12-5-3-2-4-6-12;2*9-8(10)11-6-7-4-2-1-3-5-7;1-5(9,3-8)2-4(6)7;1-5(8,4-7)2-3-6;;;;;;/h2-11,16H,12H2,1H3;2-11H,12-13H2,1H3;2-6,12H,7-10,17H2,1H3;2-6H,7-11,16H2,1H3;2*1-5H,6H2;4H,2,9H2,1H3;2-3,8H2,1H3;4*1H4;2*1H. The van der Waals surface area contributed by atoms with Crippen molar-refractivity contribution in [1.82, 2.24) is 0 Å². The second-order valence-corrected chi connectivity index (χ2v) is 28.6. The molecule has 0 aliphatic heterocycles. The van der Waals surface area contributed by atoms with Crippen LogP contribution in [0, 0.1) is 56.2 Å². The highest BCUT2D eigenvalue weighted by Crippen LogP contribution is 2.30. The van der Waals surface area contributed by atoms with Crippen LogP contribution in [0.25, 0.3) is 0 Å². The number of alkyl halides is 9. The topological polar surface area (TPSA) is 329 Å². The lowest BCUT2D eigenvalue weighted by Gasteiger charge is -2.26. The van der Waals surface area contributed by atoms with Crippen molar-refractivity contribution in [1.29, 1.82) is 21.0 Å². The van der Waals surface area contributed by atoms with E-state index in [0.29, 0.717) is 11.4 Å². The Morgan fingerprint density at radius 1 is 0.360 bits per heavy atom. The molecule has 0 spiro atoms. The molecule has 0 amide bonds. The van der Waals surface area contributed by atoms with E-state index in [0.717, 1.165) is 44.5 Å². The van der Waals surface area contributed by atoms with Crippen molar-refractivity contribution in [2.45, 2.75) is 190 Å². The minimum atomic E-state index is -2.58. The number of hydrogen-bond acceptors (Lipinski definition) is 18. The summed E-state index contributed by atoms with van der Waals surface area (Å²) >= 11 is 9.93. The zero-order valence-corrected chi connectivity index (χ0v) is 71.2. The number of benzene rings is 8. The molecule has 0 fully saturated rings. The first-order chi connectivity index (χ1) is 56.4. The summed E-state index contributed by atoms with van der Waals surface area (Å²) < 4.78 is 129. The van der Waals surface area contributed by atoms with Gasteiger partial charge in [-0.1, -0.05) is 286 Å². The van der Waals surface area contributed by atoms with Crippen LogP contribution in [0.15, 0.2) is 253 Å². The van der Waals surface area contributed by atoms with Crippen LogP contribution in [0.2, 0.25) is 0 Å². The van der Waals surface area contributed by atoms with Gasteiger partial charge >= 0.3 is 22.8 Å². The summed E-state index contributed by atoms with van der Waals surface area (Å²) in [6.45, 7) is 8.87. The molecule has 8 N–H and O–H groups in total. The lowest BCUT2D eigenvalue weighted by atomic mass is 9.83. The van der Waals surface area contributed by atoms with Crippen molar-refractivity contribution in [3.05, 3.63) is 287 Å². The van der Waals surface area contributed by atoms with Crippen molar-refractivity contribution in [3.63, 3.8) is 0 Å². The summed E-state index contributed by atoms with van der Waals surface area (Å²) in [6.07, 6.45) is -8.57. The molecule has 18 nitrogen and oxygen atoms in total. The molecule has 8 aromatic rings. The molecule has 8 aromatic carbocycles. The van der Waals surface area contributed by atoms with Gasteiger partial charge in [0.2, 0.25) is 19.3 Å². The lowest BCUT2D eigenvalue weighted by molar-refractivity contribution is -0.148. The van der Waals surface area contributed by atoms with E-state index in [1.807, 2.05) is 249 Å². The summed E-state index contributed by atoms with van der Waals surface area (Å²) in [7, 11) is 0. The number of hydrogen-bond donors (Lipinski definition) is 4. The summed E-state index contributed by atoms with van der Waals surface area (Å²) in [6, 6.07) is 82.6. The van der Waals surface area contributed by atoms with Crippen LogP contribution in [0.5, 0.6) is 0 Å². The van der Waals surface area contributed by atoms with E-state index in [1.54, 1.807) is 32.9 Å². The van der Waals surface area contributed by atoms with Gasteiger partial charge in [-0.15, -0.1) is 24.8 Å². The van der Waals surface area contributed by atoms with Gasteiger partial charge in [-0.2, -0.15) is 21.0 Å². The van der Waals surface area contributed by atoms with E-state index in [9.17, 15) is 69.2 Å². The molecule has 686 valence electrons. The van der Waals surface area contributed by atoms with Gasteiger partial charge in [0.15, 0.2) is 0 Å². The maximum atomic E-state index is 12.8. The SMILES string of the molecule is C.C.C.C.CC(C#N)(CC(F)F)N=C(c1ccccc1)c1ccccc1.CC(C#N)(CCF)N=C(c1ccccc1)c1ccccc1.CC(CN)(CC(=O)OCc1ccccc1)CC(F)F.CC(CN)(CCF)CC(=O)OCc1ccccc1.CC(N)(C#N)CC(F)F.CC(N)(C#N)CCF.Cl.Cl.O=C(Cl)OCc1ccccc1.O=C(Cl)OCc1ccccc1. The molecule has 0 aliphatic rings. The first-order valence-corrected chi connectivity index (χ1v) is 37.9. The first kappa shape index (κ1) is 125. The quantitative estimate of drug-likeness (QED) is 0.0100. The average molecular weight is 1830 g/mol. The van der Waals surface area contributed by atoms with E-state index in [4.69, 9.17) is 66.1 Å². The number of carbonyl (C=O) groups is 4. The minimum Gasteiger partial charge on any atom is -0.461 e. The molecule has 0 heterocycles. The number of esters is 2. The van der Waals surface area contributed by atoms with Gasteiger partial charge in [-0.3, -0.25) is 32.7 Å². The highest BCUT2D eigenvalue weighted by Gasteiger charge is 2.32. The summed E-state index contributed by atoms with van der Waals surface area (Å²) in [5, 5.41) is 34.9. The Hall–Kier alpha value is -10.7. The Balaban J connectivity index is -0.000000328. The smallest absolute Gasteiger partial charge is 0.404 e. The van der Waals surface area contributed by atoms with E-state index >= 15 is 0 Å². The van der Waals surface area contributed by atoms with Crippen molar-refractivity contribution < 1.29 is 77.6 Å². The molecule has 8 rings (SSSR count). The van der Waals surface area contributed by atoms with E-state index in [2.05, 4.69) is 25.5 Å². The van der Waals surface area contributed by atoms with Gasteiger partial charge in [0, 0.05) is 77.6 Å². The molecule has 0 aliphatic carbocycles. The summed E-state index contributed by atoms with van der Waals surface area (Å²) in [5.41, 5.74) is 21.9. The van der Waals surface area contributed by atoms with Crippen molar-refractivity contribution in [3.8, 4) is 24.3 Å². The minimum absolute atomic E-state index is 0. The molecule has 0 saturated carbocycles.